The molecule has 0 fully saturated rings. The van der Waals surface area contributed by atoms with Crippen LogP contribution in [0.4, 0.5) is 21.9 Å². The van der Waals surface area contributed by atoms with Crippen LogP contribution >= 0.6 is 12.2 Å². The Labute approximate surface area is 246 Å². The summed E-state index contributed by atoms with van der Waals surface area (Å²) in [6, 6.07) is 21.4. The fraction of sp³-hybridized carbons (Fsp3) is 0.161. The van der Waals surface area contributed by atoms with Crippen LogP contribution in [0.3, 0.4) is 0 Å². The number of pyridine rings is 1. The van der Waals surface area contributed by atoms with Crippen LogP contribution < -0.4 is 20.5 Å². The number of tetrazole rings is 1. The van der Waals surface area contributed by atoms with Gasteiger partial charge >= 0.3 is 6.03 Å². The minimum absolute atomic E-state index is 0.266. The first-order chi connectivity index (χ1) is 20.5. The zero-order valence-electron chi connectivity index (χ0n) is 22.6. The number of H-pyrrole nitrogens is 1. The Balaban J connectivity index is 1.15. The van der Waals surface area contributed by atoms with Gasteiger partial charge in [-0.15, -0.1) is 6.42 Å². The molecule has 5 aromatic rings. The van der Waals surface area contributed by atoms with Gasteiger partial charge in [-0.25, -0.2) is 9.48 Å². The van der Waals surface area contributed by atoms with E-state index < -0.39 is 6.03 Å². The molecular weight excluding hydrogens is 548 g/mol. The van der Waals surface area contributed by atoms with E-state index in [1.807, 2.05) is 18.2 Å². The summed E-state index contributed by atoms with van der Waals surface area (Å²) >= 11 is 5.13. The van der Waals surface area contributed by atoms with Gasteiger partial charge in [0, 0.05) is 46.1 Å². The number of anilines is 3. The summed E-state index contributed by atoms with van der Waals surface area (Å²) < 4.78 is 4.00. The molecule has 1 aliphatic rings. The van der Waals surface area contributed by atoms with Crippen molar-refractivity contribution in [2.45, 2.75) is 32.2 Å². The number of fused-ring (bicyclic) bond motifs is 2. The second-order valence-electron chi connectivity index (χ2n) is 9.97. The first-order valence-corrected chi connectivity index (χ1v) is 13.9. The molecule has 0 spiro atoms. The highest BCUT2D eigenvalue weighted by atomic mass is 32.1. The number of aromatic nitrogens is 5. The first-order valence-electron chi connectivity index (χ1n) is 13.5. The Morgan fingerprint density at radius 1 is 0.952 bits per heavy atom. The molecule has 0 unspecified atom stereocenters. The number of nitrogens with one attached hydrogen (secondary N) is 4. The second-order valence-corrected chi connectivity index (χ2v) is 10.3. The number of nitrogens with zero attached hydrogens (tertiary/aromatic N) is 4. The van der Waals surface area contributed by atoms with Gasteiger partial charge in [0.15, 0.2) is 5.69 Å². The number of carbonyl (C=O) groups is 2. The number of hydrogen-bond acceptors (Lipinski definition) is 5. The maximum absolute atomic E-state index is 13.2. The number of amides is 3. The van der Waals surface area contributed by atoms with E-state index in [1.165, 1.54) is 22.4 Å². The Kier molecular flexibility index (Phi) is 7.45. The maximum Gasteiger partial charge on any atom is 0.323 e. The second kappa shape index (κ2) is 11.6. The molecule has 11 heteroatoms. The maximum atomic E-state index is 13.2. The summed E-state index contributed by atoms with van der Waals surface area (Å²) in [5.74, 6) is 2.50. The molecule has 42 heavy (non-hydrogen) atoms. The van der Waals surface area contributed by atoms with Gasteiger partial charge in [0.25, 0.3) is 5.91 Å². The van der Waals surface area contributed by atoms with Crippen molar-refractivity contribution >= 4 is 52.1 Å². The number of aromatic amines is 1. The Morgan fingerprint density at radius 2 is 1.71 bits per heavy atom. The van der Waals surface area contributed by atoms with Crippen molar-refractivity contribution in [1.29, 1.82) is 0 Å². The molecule has 2 aromatic heterocycles. The molecule has 1 aliphatic carbocycles. The molecule has 0 atom stereocenters. The lowest BCUT2D eigenvalue weighted by molar-refractivity contribution is -0.667. The molecule has 0 saturated heterocycles. The SMILES string of the molecule is C#CC[n+]1c2c(cc3cc(NC(=O)c4cccc(NC(=O)Nc5cccc(-n6[nH]nnc6=S)c5)c4)ccc31)CCCC2. The van der Waals surface area contributed by atoms with E-state index in [-0.39, 0.29) is 10.7 Å². The normalized spacial score (nSPS) is 12.3. The molecule has 10 nitrogen and oxygen atoms in total. The van der Waals surface area contributed by atoms with Crippen LogP contribution in [-0.4, -0.2) is 32.1 Å². The van der Waals surface area contributed by atoms with E-state index >= 15 is 0 Å². The summed E-state index contributed by atoms with van der Waals surface area (Å²) in [6.45, 7) is 0.514. The zero-order valence-corrected chi connectivity index (χ0v) is 23.4. The molecule has 0 bridgehead atoms. The topological polar surface area (TPSA) is 121 Å². The van der Waals surface area contributed by atoms with E-state index in [9.17, 15) is 9.59 Å². The van der Waals surface area contributed by atoms with Gasteiger partial charge in [-0.1, -0.05) is 22.4 Å². The van der Waals surface area contributed by atoms with Gasteiger partial charge < -0.3 is 16.0 Å². The van der Waals surface area contributed by atoms with E-state index in [1.54, 1.807) is 48.5 Å². The third kappa shape index (κ3) is 5.61. The molecular formula is C31H27N8O2S+. The molecule has 0 radical (unpaired) electrons. The summed E-state index contributed by atoms with van der Waals surface area (Å²) in [5.41, 5.74) is 6.44. The summed E-state index contributed by atoms with van der Waals surface area (Å²) in [6.07, 6.45) is 10.1. The molecule has 3 amide bonds. The molecule has 2 heterocycles. The lowest BCUT2D eigenvalue weighted by Gasteiger charge is -2.16. The highest BCUT2D eigenvalue weighted by Gasteiger charge is 2.23. The van der Waals surface area contributed by atoms with E-state index in [4.69, 9.17) is 18.6 Å². The van der Waals surface area contributed by atoms with Gasteiger partial charge in [0.1, 0.15) is 0 Å². The van der Waals surface area contributed by atoms with Crippen LogP contribution in [-0.2, 0) is 19.4 Å². The molecule has 4 N–H and O–H groups in total. The van der Waals surface area contributed by atoms with Crippen molar-refractivity contribution in [1.82, 2.24) is 20.2 Å². The lowest BCUT2D eigenvalue weighted by atomic mass is 9.94. The number of terminal acetylenes is 1. The number of hydrogen-bond donors (Lipinski definition) is 4. The quantitative estimate of drug-likeness (QED) is 0.126. The summed E-state index contributed by atoms with van der Waals surface area (Å²) in [4.78, 5) is 25.9. The van der Waals surface area contributed by atoms with Crippen LogP contribution in [0.15, 0.2) is 72.8 Å². The lowest BCUT2D eigenvalue weighted by Crippen LogP contribution is -2.41. The van der Waals surface area contributed by atoms with Gasteiger partial charge in [0.2, 0.25) is 16.8 Å². The van der Waals surface area contributed by atoms with Gasteiger partial charge in [-0.3, -0.25) is 4.79 Å². The molecule has 6 rings (SSSR count). The highest BCUT2D eigenvalue weighted by Crippen LogP contribution is 2.25. The zero-order chi connectivity index (χ0) is 29.1. The Morgan fingerprint density at radius 3 is 2.50 bits per heavy atom. The van der Waals surface area contributed by atoms with E-state index in [0.29, 0.717) is 34.9 Å². The predicted octanol–water partition coefficient (Wildman–Crippen LogP) is 5.17. The monoisotopic (exact) mass is 575 g/mol. The third-order valence-electron chi connectivity index (χ3n) is 7.18. The first kappa shape index (κ1) is 26.9. The highest BCUT2D eigenvalue weighted by molar-refractivity contribution is 7.71. The number of benzene rings is 3. The number of carbonyl (C=O) groups excluding carboxylic acids is 2. The largest absolute Gasteiger partial charge is 0.323 e. The van der Waals surface area contributed by atoms with Gasteiger partial charge in [0.05, 0.1) is 5.69 Å². The van der Waals surface area contributed by atoms with Crippen molar-refractivity contribution in [2.75, 3.05) is 16.0 Å². The van der Waals surface area contributed by atoms with E-state index in [2.05, 4.69) is 48.0 Å². The predicted molar refractivity (Wildman–Crippen MR) is 163 cm³/mol. The third-order valence-corrected chi connectivity index (χ3v) is 7.44. The minimum atomic E-state index is -0.464. The van der Waals surface area contributed by atoms with Crippen molar-refractivity contribution in [3.63, 3.8) is 0 Å². The van der Waals surface area contributed by atoms with Gasteiger partial charge in [-0.2, -0.15) is 9.78 Å². The smallest absolute Gasteiger partial charge is 0.322 e. The van der Waals surface area contributed by atoms with Crippen molar-refractivity contribution in [3.05, 3.63) is 94.4 Å². The fourth-order valence-corrected chi connectivity index (χ4v) is 5.49. The average molecular weight is 576 g/mol. The number of aryl methyl sites for hydroxylation is 1. The number of urea groups is 1. The van der Waals surface area contributed by atoms with Crippen LogP contribution in [0.5, 0.6) is 0 Å². The Hall–Kier alpha value is -5.34. The fourth-order valence-electron chi connectivity index (χ4n) is 5.30. The molecule has 0 aliphatic heterocycles. The number of rotatable bonds is 6. The molecule has 3 aromatic carbocycles. The van der Waals surface area contributed by atoms with E-state index in [0.717, 1.165) is 30.2 Å². The molecule has 208 valence electrons. The van der Waals surface area contributed by atoms with Crippen LogP contribution in [0, 0.1) is 17.1 Å². The standard InChI is InChI=1S/C31H26N8O2S/c1-2-15-38-27-12-4-3-7-20(27)16-22-18-25(13-14-28(22)38)32-29(40)21-8-5-9-23(17-21)33-30(41)34-24-10-6-11-26(19-24)39-31(42)35-36-37-39/h1,5-6,8-11,13-14,16-19H,3-4,7,12,15H2,(H3-,32,33,34,35,37,40,41,42)/p+1. The van der Waals surface area contributed by atoms with Crippen molar-refractivity contribution < 1.29 is 14.2 Å². The van der Waals surface area contributed by atoms with Crippen LogP contribution in [0.1, 0.15) is 34.5 Å². The van der Waals surface area contributed by atoms with Gasteiger partial charge in [-0.05, 0) is 92.0 Å². The molecule has 0 saturated carbocycles. The average Bonchev–Trinajstić information content (AvgIpc) is 3.43. The Bertz CT molecular complexity index is 1940. The summed E-state index contributed by atoms with van der Waals surface area (Å²) in [7, 11) is 0. The van der Waals surface area contributed by atoms with Crippen molar-refractivity contribution in [3.8, 4) is 18.0 Å². The minimum Gasteiger partial charge on any atom is -0.322 e. The van der Waals surface area contributed by atoms with Crippen molar-refractivity contribution in [2.24, 2.45) is 0 Å². The van der Waals surface area contributed by atoms with Crippen LogP contribution in [0.2, 0.25) is 0 Å². The van der Waals surface area contributed by atoms with Crippen LogP contribution in [0.25, 0.3) is 16.6 Å². The summed E-state index contributed by atoms with van der Waals surface area (Å²) in [5, 5.41) is 19.7.